The molecule has 1 heterocycles. The molecule has 1 aromatic heterocycles. The lowest BCUT2D eigenvalue weighted by Crippen LogP contribution is -1.94. The Morgan fingerprint density at radius 1 is 1.22 bits per heavy atom. The molecule has 0 radical (unpaired) electrons. The fraction of sp³-hybridized carbons (Fsp3) is 0.286. The topological polar surface area (TPSA) is 55.2 Å². The molecular weight excluding hydrogens is 228 g/mol. The summed E-state index contributed by atoms with van der Waals surface area (Å²) in [7, 11) is 0. The SMILES string of the molecule is CC(C)c1cccc(Oc2cnc(CO)cn2)c1. The van der Waals surface area contributed by atoms with E-state index in [1.165, 1.54) is 18.0 Å². The van der Waals surface area contributed by atoms with Gasteiger partial charge in [0, 0.05) is 0 Å². The highest BCUT2D eigenvalue weighted by Gasteiger charge is 2.03. The quantitative estimate of drug-likeness (QED) is 0.898. The molecule has 0 bridgehead atoms. The van der Waals surface area contributed by atoms with Crippen LogP contribution in [0.4, 0.5) is 0 Å². The van der Waals surface area contributed by atoms with E-state index in [0.717, 1.165) is 5.75 Å². The van der Waals surface area contributed by atoms with E-state index in [0.29, 0.717) is 17.5 Å². The first kappa shape index (κ1) is 12.5. The van der Waals surface area contributed by atoms with Crippen LogP contribution in [0, 0.1) is 0 Å². The molecule has 0 saturated carbocycles. The molecule has 0 saturated heterocycles. The molecule has 1 N–H and O–H groups in total. The van der Waals surface area contributed by atoms with Crippen LogP contribution in [0.1, 0.15) is 31.0 Å². The second-order valence-electron chi connectivity index (χ2n) is 4.33. The Bertz CT molecular complexity index is 509. The lowest BCUT2D eigenvalue weighted by atomic mass is 10.0. The summed E-state index contributed by atoms with van der Waals surface area (Å²) in [6.45, 7) is 4.15. The first-order valence-corrected chi connectivity index (χ1v) is 5.88. The molecule has 0 fully saturated rings. The van der Waals surface area contributed by atoms with Crippen LogP contribution in [-0.4, -0.2) is 15.1 Å². The number of aliphatic hydroxyl groups is 1. The molecule has 0 amide bonds. The van der Waals surface area contributed by atoms with E-state index in [1.54, 1.807) is 0 Å². The molecule has 0 atom stereocenters. The van der Waals surface area contributed by atoms with Crippen molar-refractivity contribution in [2.75, 3.05) is 0 Å². The van der Waals surface area contributed by atoms with Gasteiger partial charge in [0.1, 0.15) is 5.75 Å². The Kier molecular flexibility index (Phi) is 3.89. The van der Waals surface area contributed by atoms with Crippen LogP contribution in [-0.2, 0) is 6.61 Å². The number of hydrogen-bond acceptors (Lipinski definition) is 4. The van der Waals surface area contributed by atoms with Crippen LogP contribution in [0.25, 0.3) is 0 Å². The van der Waals surface area contributed by atoms with E-state index in [9.17, 15) is 0 Å². The third-order valence-corrected chi connectivity index (χ3v) is 2.59. The van der Waals surface area contributed by atoms with E-state index in [2.05, 4.69) is 29.9 Å². The van der Waals surface area contributed by atoms with Gasteiger partial charge < -0.3 is 9.84 Å². The van der Waals surface area contributed by atoms with Gasteiger partial charge in [-0.25, -0.2) is 4.98 Å². The summed E-state index contributed by atoms with van der Waals surface area (Å²) in [5, 5.41) is 8.87. The van der Waals surface area contributed by atoms with Crippen LogP contribution in [0.5, 0.6) is 11.6 Å². The van der Waals surface area contributed by atoms with Gasteiger partial charge in [-0.1, -0.05) is 26.0 Å². The first-order chi connectivity index (χ1) is 8.69. The summed E-state index contributed by atoms with van der Waals surface area (Å²) in [5.74, 6) is 1.62. The minimum absolute atomic E-state index is 0.115. The number of nitrogens with zero attached hydrogens (tertiary/aromatic N) is 2. The molecule has 4 nitrogen and oxygen atoms in total. The van der Waals surface area contributed by atoms with E-state index in [-0.39, 0.29) is 6.61 Å². The van der Waals surface area contributed by atoms with E-state index >= 15 is 0 Å². The predicted octanol–water partition coefficient (Wildman–Crippen LogP) is 2.88. The summed E-state index contributed by atoms with van der Waals surface area (Å²) in [5.41, 5.74) is 1.74. The third-order valence-electron chi connectivity index (χ3n) is 2.59. The first-order valence-electron chi connectivity index (χ1n) is 5.88. The average molecular weight is 244 g/mol. The number of hydrogen-bond donors (Lipinski definition) is 1. The zero-order valence-corrected chi connectivity index (χ0v) is 10.5. The Morgan fingerprint density at radius 2 is 2.06 bits per heavy atom. The highest BCUT2D eigenvalue weighted by atomic mass is 16.5. The van der Waals surface area contributed by atoms with E-state index in [1.807, 2.05) is 18.2 Å². The number of ether oxygens (including phenoxy) is 1. The maximum absolute atomic E-state index is 8.87. The van der Waals surface area contributed by atoms with Gasteiger partial charge >= 0.3 is 0 Å². The van der Waals surface area contributed by atoms with Crippen molar-refractivity contribution in [3.63, 3.8) is 0 Å². The van der Waals surface area contributed by atoms with Crippen molar-refractivity contribution in [3.8, 4) is 11.6 Å². The number of aliphatic hydroxyl groups excluding tert-OH is 1. The van der Waals surface area contributed by atoms with Gasteiger partial charge in [0.15, 0.2) is 0 Å². The Hall–Kier alpha value is -1.94. The maximum Gasteiger partial charge on any atom is 0.237 e. The molecule has 0 aliphatic carbocycles. The van der Waals surface area contributed by atoms with Gasteiger partial charge in [-0.15, -0.1) is 0 Å². The molecule has 0 unspecified atom stereocenters. The minimum Gasteiger partial charge on any atom is -0.437 e. The van der Waals surface area contributed by atoms with Crippen molar-refractivity contribution in [3.05, 3.63) is 47.9 Å². The molecular formula is C14H16N2O2. The molecule has 2 rings (SSSR count). The zero-order chi connectivity index (χ0) is 13.0. The van der Waals surface area contributed by atoms with Crippen LogP contribution in [0.15, 0.2) is 36.7 Å². The van der Waals surface area contributed by atoms with Crippen molar-refractivity contribution in [2.24, 2.45) is 0 Å². The second-order valence-corrected chi connectivity index (χ2v) is 4.33. The van der Waals surface area contributed by atoms with E-state index in [4.69, 9.17) is 9.84 Å². The molecule has 18 heavy (non-hydrogen) atoms. The summed E-state index contributed by atoms with van der Waals surface area (Å²) in [6.07, 6.45) is 3.01. The second kappa shape index (κ2) is 5.60. The fourth-order valence-corrected chi connectivity index (χ4v) is 1.54. The molecule has 4 heteroatoms. The van der Waals surface area contributed by atoms with Crippen molar-refractivity contribution in [1.82, 2.24) is 9.97 Å². The molecule has 94 valence electrons. The van der Waals surface area contributed by atoms with Crippen molar-refractivity contribution in [1.29, 1.82) is 0 Å². The highest BCUT2D eigenvalue weighted by Crippen LogP contribution is 2.23. The van der Waals surface area contributed by atoms with Crippen LogP contribution in [0.2, 0.25) is 0 Å². The summed E-state index contributed by atoms with van der Waals surface area (Å²) in [6, 6.07) is 7.90. The van der Waals surface area contributed by atoms with Crippen molar-refractivity contribution in [2.45, 2.75) is 26.4 Å². The summed E-state index contributed by atoms with van der Waals surface area (Å²) in [4.78, 5) is 8.09. The number of rotatable bonds is 4. The van der Waals surface area contributed by atoms with Crippen LogP contribution in [0.3, 0.4) is 0 Å². The Balaban J connectivity index is 2.15. The number of aromatic nitrogens is 2. The smallest absolute Gasteiger partial charge is 0.237 e. The molecule has 0 spiro atoms. The van der Waals surface area contributed by atoms with Crippen molar-refractivity contribution < 1.29 is 9.84 Å². The predicted molar refractivity (Wildman–Crippen MR) is 68.6 cm³/mol. The van der Waals surface area contributed by atoms with Crippen LogP contribution < -0.4 is 4.74 Å². The molecule has 0 aliphatic rings. The monoisotopic (exact) mass is 244 g/mol. The lowest BCUT2D eigenvalue weighted by Gasteiger charge is -2.08. The van der Waals surface area contributed by atoms with Gasteiger partial charge in [-0.2, -0.15) is 0 Å². The van der Waals surface area contributed by atoms with Gasteiger partial charge in [0.25, 0.3) is 0 Å². The van der Waals surface area contributed by atoms with Gasteiger partial charge in [-0.05, 0) is 23.6 Å². The Labute approximate surface area is 106 Å². The standard InChI is InChI=1S/C14H16N2O2/c1-10(2)11-4-3-5-13(6-11)18-14-8-15-12(9-17)7-16-14/h3-8,10,17H,9H2,1-2H3. The summed E-state index contributed by atoms with van der Waals surface area (Å²) >= 11 is 0. The van der Waals surface area contributed by atoms with Gasteiger partial charge in [0.2, 0.25) is 5.88 Å². The van der Waals surface area contributed by atoms with Crippen LogP contribution >= 0.6 is 0 Å². The molecule has 1 aromatic carbocycles. The highest BCUT2D eigenvalue weighted by molar-refractivity contribution is 5.32. The fourth-order valence-electron chi connectivity index (χ4n) is 1.54. The maximum atomic E-state index is 8.87. The number of benzene rings is 1. The van der Waals surface area contributed by atoms with E-state index < -0.39 is 0 Å². The van der Waals surface area contributed by atoms with Gasteiger partial charge in [0.05, 0.1) is 24.7 Å². The third kappa shape index (κ3) is 3.05. The average Bonchev–Trinajstić information content (AvgIpc) is 2.40. The lowest BCUT2D eigenvalue weighted by molar-refractivity contribution is 0.276. The van der Waals surface area contributed by atoms with Gasteiger partial charge in [-0.3, -0.25) is 4.98 Å². The van der Waals surface area contributed by atoms with Crippen molar-refractivity contribution >= 4 is 0 Å². The normalized spacial score (nSPS) is 10.7. The Morgan fingerprint density at radius 3 is 2.67 bits per heavy atom. The minimum atomic E-state index is -0.115. The molecule has 0 aliphatic heterocycles. The zero-order valence-electron chi connectivity index (χ0n) is 10.5. The summed E-state index contributed by atoms with van der Waals surface area (Å²) < 4.78 is 5.61. The molecule has 2 aromatic rings. The largest absolute Gasteiger partial charge is 0.437 e.